The minimum absolute atomic E-state index is 0.0352. The van der Waals surface area contributed by atoms with E-state index < -0.39 is 54.3 Å². The van der Waals surface area contributed by atoms with Crippen LogP contribution in [0.15, 0.2) is 85.1 Å². The maximum atomic E-state index is 14.2. The van der Waals surface area contributed by atoms with Crippen LogP contribution in [0, 0.1) is 0 Å². The molecule has 15 nitrogen and oxygen atoms in total. The van der Waals surface area contributed by atoms with E-state index in [1.54, 1.807) is 59.4 Å². The topological polar surface area (TPSA) is 183 Å². The first-order chi connectivity index (χ1) is 25.8. The molecule has 3 atom stereocenters. The van der Waals surface area contributed by atoms with Gasteiger partial charge in [-0.2, -0.15) is 0 Å². The minimum atomic E-state index is -1.02. The molecule has 4 amide bonds. The number of fused-ring (bicyclic) bond motifs is 14. The number of carbonyl (C=O) groups is 5. The Morgan fingerprint density at radius 1 is 0.925 bits per heavy atom. The van der Waals surface area contributed by atoms with Crippen molar-refractivity contribution in [1.82, 2.24) is 35.8 Å². The number of hydrogen-bond acceptors (Lipinski definition) is 10. The van der Waals surface area contributed by atoms with Gasteiger partial charge < -0.3 is 35.1 Å². The second-order valence-electron chi connectivity index (χ2n) is 12.7. The molecule has 3 aromatic carbocycles. The van der Waals surface area contributed by atoms with Crippen molar-refractivity contribution < 1.29 is 38.2 Å². The summed E-state index contributed by atoms with van der Waals surface area (Å²) in [6.45, 7) is 0.591. The van der Waals surface area contributed by atoms with Crippen LogP contribution >= 0.6 is 0 Å². The number of esters is 1. The normalized spacial score (nSPS) is 20.4. The summed E-state index contributed by atoms with van der Waals surface area (Å²) in [6, 6.07) is 20.1. The molecule has 4 heterocycles. The number of nitrogens with one attached hydrogen (secondary N) is 3. The van der Waals surface area contributed by atoms with Crippen molar-refractivity contribution in [2.45, 2.75) is 57.0 Å². The van der Waals surface area contributed by atoms with E-state index in [0.29, 0.717) is 49.7 Å². The van der Waals surface area contributed by atoms with E-state index in [-0.39, 0.29) is 25.0 Å². The lowest BCUT2D eigenvalue weighted by Crippen LogP contribution is -2.55. The van der Waals surface area contributed by atoms with Crippen LogP contribution < -0.4 is 25.4 Å². The molecule has 1 aromatic heterocycles. The van der Waals surface area contributed by atoms with Gasteiger partial charge in [-0.1, -0.05) is 59.8 Å². The second kappa shape index (κ2) is 17.3. The number of carbonyl (C=O) groups excluding carboxylic acids is 5. The van der Waals surface area contributed by atoms with Gasteiger partial charge in [0.1, 0.15) is 48.5 Å². The van der Waals surface area contributed by atoms with Crippen molar-refractivity contribution in [1.29, 1.82) is 0 Å². The summed E-state index contributed by atoms with van der Waals surface area (Å²) in [6.07, 6.45) is 2.96. The highest BCUT2D eigenvalue weighted by molar-refractivity contribution is 6.00. The predicted octanol–water partition coefficient (Wildman–Crippen LogP) is 1.60. The lowest BCUT2D eigenvalue weighted by Gasteiger charge is -2.29. The molecule has 1 fully saturated rings. The molecule has 0 aliphatic carbocycles. The molecule has 0 spiro atoms. The lowest BCUT2D eigenvalue weighted by atomic mass is 10.0. The fourth-order valence-electron chi connectivity index (χ4n) is 6.32. The van der Waals surface area contributed by atoms with E-state index in [0.717, 1.165) is 11.1 Å². The van der Waals surface area contributed by atoms with Crippen molar-refractivity contribution >= 4 is 29.6 Å². The number of benzene rings is 3. The van der Waals surface area contributed by atoms with Gasteiger partial charge in [0.15, 0.2) is 0 Å². The first-order valence-electron chi connectivity index (χ1n) is 17.4. The third-order valence-corrected chi connectivity index (χ3v) is 9.01. The Bertz CT molecular complexity index is 1920. The number of hydrogen-bond donors (Lipinski definition) is 3. The van der Waals surface area contributed by atoms with Gasteiger partial charge in [0, 0.05) is 19.4 Å². The van der Waals surface area contributed by atoms with E-state index in [9.17, 15) is 24.0 Å². The van der Waals surface area contributed by atoms with Crippen molar-refractivity contribution in [2.24, 2.45) is 0 Å². The highest BCUT2D eigenvalue weighted by Crippen LogP contribution is 2.23. The molecular weight excluding hydrogens is 682 g/mol. The van der Waals surface area contributed by atoms with Crippen molar-refractivity contribution in [3.63, 3.8) is 0 Å². The Kier molecular flexibility index (Phi) is 11.9. The van der Waals surface area contributed by atoms with Crippen LogP contribution in [-0.2, 0) is 49.9 Å². The smallest absolute Gasteiger partial charge is 0.328 e. The minimum Gasteiger partial charge on any atom is -0.492 e. The van der Waals surface area contributed by atoms with E-state index in [2.05, 4.69) is 26.3 Å². The Morgan fingerprint density at radius 2 is 1.70 bits per heavy atom. The molecule has 3 unspecified atom stereocenters. The van der Waals surface area contributed by atoms with Gasteiger partial charge in [0.05, 0.1) is 32.0 Å². The van der Waals surface area contributed by atoms with Crippen molar-refractivity contribution in [2.75, 3.05) is 26.8 Å². The van der Waals surface area contributed by atoms with E-state index in [1.165, 1.54) is 12.0 Å². The molecule has 0 saturated carbocycles. The summed E-state index contributed by atoms with van der Waals surface area (Å²) >= 11 is 0. The zero-order valence-electron chi connectivity index (χ0n) is 29.2. The number of amides is 4. The molecule has 3 aliphatic rings. The van der Waals surface area contributed by atoms with Crippen LogP contribution in [0.3, 0.4) is 0 Å². The predicted molar refractivity (Wildman–Crippen MR) is 190 cm³/mol. The molecular formula is C38H41N7O8. The molecule has 276 valence electrons. The van der Waals surface area contributed by atoms with Crippen LogP contribution in [0.5, 0.6) is 11.5 Å². The molecule has 3 N–H and O–H groups in total. The Balaban J connectivity index is 1.26. The third-order valence-electron chi connectivity index (χ3n) is 9.01. The Labute approximate surface area is 306 Å². The number of nitrogens with zero attached hydrogens (tertiary/aromatic N) is 4. The van der Waals surface area contributed by atoms with Crippen LogP contribution in [0.25, 0.3) is 0 Å². The summed E-state index contributed by atoms with van der Waals surface area (Å²) < 4.78 is 18.4. The fourth-order valence-corrected chi connectivity index (χ4v) is 6.32. The van der Waals surface area contributed by atoms with E-state index in [1.807, 2.05) is 30.3 Å². The van der Waals surface area contributed by atoms with Gasteiger partial charge >= 0.3 is 5.97 Å². The molecule has 53 heavy (non-hydrogen) atoms. The van der Waals surface area contributed by atoms with Crippen LogP contribution in [0.4, 0.5) is 0 Å². The first kappa shape index (κ1) is 36.5. The average Bonchev–Trinajstić information content (AvgIpc) is 3.86. The molecule has 1 saturated heterocycles. The summed E-state index contributed by atoms with van der Waals surface area (Å²) in [5, 5.41) is 16.5. The number of aromatic nitrogens is 3. The van der Waals surface area contributed by atoms with Crippen molar-refractivity contribution in [3.8, 4) is 11.5 Å². The second-order valence-corrected chi connectivity index (χ2v) is 12.7. The third kappa shape index (κ3) is 9.55. The van der Waals surface area contributed by atoms with Crippen LogP contribution in [0.2, 0.25) is 0 Å². The number of para-hydroxylation sites is 1. The van der Waals surface area contributed by atoms with Gasteiger partial charge in [-0.15, -0.1) is 5.10 Å². The molecule has 0 radical (unpaired) electrons. The van der Waals surface area contributed by atoms with Crippen LogP contribution in [-0.4, -0.2) is 94.4 Å². The van der Waals surface area contributed by atoms with Gasteiger partial charge in [-0.25, -0.2) is 9.48 Å². The van der Waals surface area contributed by atoms with E-state index in [4.69, 9.17) is 14.2 Å². The zero-order valence-corrected chi connectivity index (χ0v) is 29.2. The molecule has 7 rings (SSSR count). The van der Waals surface area contributed by atoms with Crippen molar-refractivity contribution in [3.05, 3.63) is 107 Å². The van der Waals surface area contributed by atoms with Gasteiger partial charge in [0.25, 0.3) is 5.91 Å². The fraction of sp³-hybridized carbons (Fsp3) is 0.342. The molecule has 4 aromatic rings. The zero-order chi connectivity index (χ0) is 37.2. The maximum absolute atomic E-state index is 14.2. The Hall–Kier alpha value is -6.25. The van der Waals surface area contributed by atoms with Gasteiger partial charge in [-0.3, -0.25) is 19.2 Å². The summed E-state index contributed by atoms with van der Waals surface area (Å²) in [7, 11) is 1.23. The summed E-state index contributed by atoms with van der Waals surface area (Å²) in [5.41, 5.74) is 2.31. The van der Waals surface area contributed by atoms with Gasteiger partial charge in [-0.05, 0) is 48.2 Å². The quantitative estimate of drug-likeness (QED) is 0.263. The highest BCUT2D eigenvalue weighted by Gasteiger charge is 2.38. The first-order valence-corrected chi connectivity index (χ1v) is 17.4. The number of rotatable bonds is 3. The average molecular weight is 724 g/mol. The molecule has 4 bridgehead atoms. The summed E-state index contributed by atoms with van der Waals surface area (Å²) in [4.78, 5) is 68.5. The largest absolute Gasteiger partial charge is 0.492 e. The number of ether oxygens (including phenoxy) is 3. The molecule has 3 aliphatic heterocycles. The molecule has 15 heteroatoms. The SMILES string of the molecule is COC(=O)C1Cc2ccc(cc2)OCCn2cc(nn2)COc2ccccc2C(=O)NC(Cc2ccccc2)C(=O)N2CCCC2C(=O)NCC(=O)N1. The Morgan fingerprint density at radius 3 is 2.49 bits per heavy atom. The lowest BCUT2D eigenvalue weighted by molar-refractivity contribution is -0.145. The standard InChI is InChI=1S/C38H41N7O8/c1-51-38(50)31-21-26-13-15-28(16-14-26)52-19-18-44-23-27(42-43-44)24-53-33-12-6-5-10-29(33)35(47)41-30(20-25-8-3-2-4-9-25)37(49)45-17-7-11-32(45)36(48)39-22-34(46)40-31/h2-6,8-10,12-16,23,30-32H,7,11,17-22,24H2,1H3,(H,39,48)(H,40,46)(H,41,47). The maximum Gasteiger partial charge on any atom is 0.328 e. The van der Waals surface area contributed by atoms with Gasteiger partial charge in [0.2, 0.25) is 17.7 Å². The number of methoxy groups -OCH3 is 1. The van der Waals surface area contributed by atoms with Crippen LogP contribution in [0.1, 0.15) is 40.0 Å². The summed E-state index contributed by atoms with van der Waals surface area (Å²) in [5.74, 6) is -1.84. The monoisotopic (exact) mass is 723 g/mol. The van der Waals surface area contributed by atoms with E-state index >= 15 is 0 Å². The highest BCUT2D eigenvalue weighted by atomic mass is 16.5.